The second kappa shape index (κ2) is 48.8. The molecule has 0 saturated heterocycles. The van der Waals surface area contributed by atoms with Gasteiger partial charge in [0.25, 0.3) is 0 Å². The Hall–Kier alpha value is -0.240. The average Bonchev–Trinajstić information content (AvgIpc) is 3.12. The van der Waals surface area contributed by atoms with Gasteiger partial charge in [0.15, 0.2) is 0 Å². The van der Waals surface area contributed by atoms with E-state index in [1.54, 1.807) is 0 Å². The molecule has 6 heteroatoms. The first-order chi connectivity index (χ1) is 24.7. The molecule has 0 fully saturated rings. The molecule has 0 aromatic rings. The Morgan fingerprint density at radius 3 is 0.540 bits per heavy atom. The van der Waals surface area contributed by atoms with Gasteiger partial charge in [0, 0.05) is 26.2 Å². The predicted molar refractivity (Wildman–Crippen MR) is 220 cm³/mol. The summed E-state index contributed by atoms with van der Waals surface area (Å²) in [7, 11) is 0. The summed E-state index contributed by atoms with van der Waals surface area (Å²) in [5.41, 5.74) is 0. The lowest BCUT2D eigenvalue weighted by Gasteiger charge is -2.19. The van der Waals surface area contributed by atoms with Crippen LogP contribution in [0.25, 0.3) is 0 Å². The molecule has 4 N–H and O–H groups in total. The summed E-state index contributed by atoms with van der Waals surface area (Å²) >= 11 is 0. The summed E-state index contributed by atoms with van der Waals surface area (Å²) in [5.74, 6) is 0. The molecule has 0 aliphatic rings. The van der Waals surface area contributed by atoms with Gasteiger partial charge in [-0.3, -0.25) is 9.80 Å². The van der Waals surface area contributed by atoms with Crippen LogP contribution in [0.2, 0.25) is 0 Å². The van der Waals surface area contributed by atoms with E-state index < -0.39 is 0 Å². The predicted octanol–water partition coefficient (Wildman–Crippen LogP) is 11.1. The largest absolute Gasteiger partial charge is 0.395 e. The summed E-state index contributed by atoms with van der Waals surface area (Å²) in [5, 5.41) is 35.9. The molecule has 0 aliphatic carbocycles. The molecule has 0 bridgehead atoms. The SMILES string of the molecule is CCCCCCCCCCCCCCCCCCN(CCO)CCO.CCCCCCCCCCCCCCCCCCN(CCO)CCO. The average molecular weight is 715 g/mol. The van der Waals surface area contributed by atoms with Gasteiger partial charge in [0.1, 0.15) is 0 Å². The van der Waals surface area contributed by atoms with E-state index in [9.17, 15) is 0 Å². The second-order valence-corrected chi connectivity index (χ2v) is 15.2. The monoisotopic (exact) mass is 715 g/mol. The van der Waals surface area contributed by atoms with E-state index in [1.165, 1.54) is 205 Å². The van der Waals surface area contributed by atoms with Crippen LogP contribution in [-0.4, -0.2) is 95.9 Å². The summed E-state index contributed by atoms with van der Waals surface area (Å²) in [6, 6.07) is 0. The Bertz CT molecular complexity index is 508. The molecular weight excluding hydrogens is 620 g/mol. The summed E-state index contributed by atoms with van der Waals surface area (Å²) in [4.78, 5) is 4.31. The fourth-order valence-corrected chi connectivity index (χ4v) is 7.00. The second-order valence-electron chi connectivity index (χ2n) is 15.2. The van der Waals surface area contributed by atoms with Crippen molar-refractivity contribution in [2.45, 2.75) is 219 Å². The molecule has 0 aromatic carbocycles. The molecule has 50 heavy (non-hydrogen) atoms. The Balaban J connectivity index is 0. The van der Waals surface area contributed by atoms with Crippen LogP contribution in [0, 0.1) is 0 Å². The van der Waals surface area contributed by atoms with Crippen LogP contribution in [0.4, 0.5) is 0 Å². The summed E-state index contributed by atoms with van der Waals surface area (Å²) in [6.45, 7) is 10.1. The molecule has 0 saturated carbocycles. The Labute approximate surface area is 314 Å². The van der Waals surface area contributed by atoms with Crippen molar-refractivity contribution in [2.75, 3.05) is 65.7 Å². The van der Waals surface area contributed by atoms with Crippen molar-refractivity contribution in [2.24, 2.45) is 0 Å². The van der Waals surface area contributed by atoms with Crippen molar-refractivity contribution < 1.29 is 20.4 Å². The molecule has 0 amide bonds. The smallest absolute Gasteiger partial charge is 0.0558 e. The van der Waals surface area contributed by atoms with Gasteiger partial charge in [-0.1, -0.05) is 206 Å². The third kappa shape index (κ3) is 45.8. The molecule has 0 radical (unpaired) electrons. The highest BCUT2D eigenvalue weighted by Gasteiger charge is 2.04. The minimum absolute atomic E-state index is 0.193. The highest BCUT2D eigenvalue weighted by molar-refractivity contribution is 4.59. The van der Waals surface area contributed by atoms with Crippen molar-refractivity contribution >= 4 is 0 Å². The van der Waals surface area contributed by atoms with Gasteiger partial charge in [-0.15, -0.1) is 0 Å². The lowest BCUT2D eigenvalue weighted by molar-refractivity contribution is 0.158. The topological polar surface area (TPSA) is 87.4 Å². The van der Waals surface area contributed by atoms with E-state index >= 15 is 0 Å². The van der Waals surface area contributed by atoms with Crippen LogP contribution in [0.5, 0.6) is 0 Å². The number of aliphatic hydroxyl groups excluding tert-OH is 4. The molecule has 6 nitrogen and oxygen atoms in total. The number of hydrogen-bond acceptors (Lipinski definition) is 6. The van der Waals surface area contributed by atoms with E-state index in [4.69, 9.17) is 20.4 Å². The molecule has 304 valence electrons. The molecular formula is C44H94N2O4. The molecule has 0 unspecified atom stereocenters. The molecule has 0 rings (SSSR count). The minimum atomic E-state index is 0.193. The van der Waals surface area contributed by atoms with Crippen LogP contribution >= 0.6 is 0 Å². The maximum Gasteiger partial charge on any atom is 0.0558 e. The standard InChI is InChI=1S/2C22H47NO2/c2*1-2-3-4-5-6-7-8-9-10-11-12-13-14-15-16-17-18-23(19-21-24)20-22-25/h2*24-25H,2-22H2,1H3. The first-order valence-electron chi connectivity index (χ1n) is 22.6. The lowest BCUT2D eigenvalue weighted by atomic mass is 10.0. The Morgan fingerprint density at radius 2 is 0.380 bits per heavy atom. The van der Waals surface area contributed by atoms with Crippen LogP contribution in [-0.2, 0) is 0 Å². The Morgan fingerprint density at radius 1 is 0.220 bits per heavy atom. The van der Waals surface area contributed by atoms with Crippen molar-refractivity contribution in [3.63, 3.8) is 0 Å². The zero-order chi connectivity index (χ0) is 36.9. The molecule has 0 aromatic heterocycles. The minimum Gasteiger partial charge on any atom is -0.395 e. The number of unbranched alkanes of at least 4 members (excludes halogenated alkanes) is 30. The first-order valence-corrected chi connectivity index (χ1v) is 22.6. The van der Waals surface area contributed by atoms with Crippen molar-refractivity contribution in [3.05, 3.63) is 0 Å². The maximum absolute atomic E-state index is 8.97. The number of nitrogens with zero attached hydrogens (tertiary/aromatic N) is 2. The van der Waals surface area contributed by atoms with Crippen LogP contribution in [0.1, 0.15) is 219 Å². The number of rotatable bonds is 42. The van der Waals surface area contributed by atoms with Crippen LogP contribution in [0.3, 0.4) is 0 Å². The summed E-state index contributed by atoms with van der Waals surface area (Å²) in [6.07, 6.45) is 44.6. The zero-order valence-electron chi connectivity index (χ0n) is 34.4. The fourth-order valence-electron chi connectivity index (χ4n) is 7.00. The maximum atomic E-state index is 8.97. The van der Waals surface area contributed by atoms with Gasteiger partial charge >= 0.3 is 0 Å². The van der Waals surface area contributed by atoms with Gasteiger partial charge in [-0.05, 0) is 25.9 Å². The third-order valence-electron chi connectivity index (χ3n) is 10.3. The van der Waals surface area contributed by atoms with Gasteiger partial charge in [-0.25, -0.2) is 0 Å². The number of aliphatic hydroxyl groups is 4. The van der Waals surface area contributed by atoms with Crippen molar-refractivity contribution in [1.29, 1.82) is 0 Å². The fraction of sp³-hybridized carbons (Fsp3) is 1.00. The Kier molecular flexibility index (Phi) is 50.6. The molecule has 0 aliphatic heterocycles. The highest BCUT2D eigenvalue weighted by atomic mass is 16.3. The van der Waals surface area contributed by atoms with Gasteiger partial charge in [0.2, 0.25) is 0 Å². The third-order valence-corrected chi connectivity index (χ3v) is 10.3. The summed E-state index contributed by atoms with van der Waals surface area (Å²) < 4.78 is 0. The van der Waals surface area contributed by atoms with Gasteiger partial charge in [0.05, 0.1) is 26.4 Å². The highest BCUT2D eigenvalue weighted by Crippen LogP contribution is 2.15. The van der Waals surface area contributed by atoms with E-state index in [-0.39, 0.29) is 26.4 Å². The molecule has 0 heterocycles. The van der Waals surface area contributed by atoms with Crippen LogP contribution in [0.15, 0.2) is 0 Å². The van der Waals surface area contributed by atoms with Gasteiger partial charge in [-0.2, -0.15) is 0 Å². The zero-order valence-corrected chi connectivity index (χ0v) is 34.4. The first kappa shape index (κ1) is 51.9. The molecule has 0 spiro atoms. The van der Waals surface area contributed by atoms with E-state index in [1.807, 2.05) is 0 Å². The normalized spacial score (nSPS) is 11.5. The van der Waals surface area contributed by atoms with Gasteiger partial charge < -0.3 is 20.4 Å². The van der Waals surface area contributed by atoms with Crippen molar-refractivity contribution in [3.8, 4) is 0 Å². The quantitative estimate of drug-likeness (QED) is 0.0471. The lowest BCUT2D eigenvalue weighted by Crippen LogP contribution is -2.30. The van der Waals surface area contributed by atoms with E-state index in [2.05, 4.69) is 23.6 Å². The van der Waals surface area contributed by atoms with E-state index in [0.29, 0.717) is 26.2 Å². The van der Waals surface area contributed by atoms with Crippen LogP contribution < -0.4 is 0 Å². The molecule has 0 atom stereocenters. The number of hydrogen-bond donors (Lipinski definition) is 4. The van der Waals surface area contributed by atoms with Crippen molar-refractivity contribution in [1.82, 2.24) is 9.80 Å². The van der Waals surface area contributed by atoms with E-state index in [0.717, 1.165) is 13.1 Å².